The van der Waals surface area contributed by atoms with Crippen molar-refractivity contribution < 1.29 is 19.0 Å². The lowest BCUT2D eigenvalue weighted by Gasteiger charge is -2.31. The van der Waals surface area contributed by atoms with Gasteiger partial charge in [0.2, 0.25) is 5.43 Å². The van der Waals surface area contributed by atoms with Crippen LogP contribution in [0.4, 0.5) is 5.69 Å². The molecule has 3 aromatic carbocycles. The van der Waals surface area contributed by atoms with E-state index in [1.54, 1.807) is 13.2 Å². The number of nitrogens with zero attached hydrogens (tertiary/aromatic N) is 1. The number of hydrogen-bond donors (Lipinski definition) is 1. The van der Waals surface area contributed by atoms with Crippen molar-refractivity contribution in [3.05, 3.63) is 88.3 Å². The Bertz CT molecular complexity index is 1310. The molecule has 6 nitrogen and oxygen atoms in total. The fraction of sp³-hybridized carbons (Fsp3) is 0.192. The SMILES string of the molecule is COc1ccc(-c2coc3c4c(ccc3c2=O)OCN(c2ccc(CCO)cc2)C4)cc1. The quantitative estimate of drug-likeness (QED) is 0.508. The van der Waals surface area contributed by atoms with E-state index in [4.69, 9.17) is 19.0 Å². The Labute approximate surface area is 185 Å². The molecule has 32 heavy (non-hydrogen) atoms. The van der Waals surface area contributed by atoms with Gasteiger partial charge in [-0.3, -0.25) is 4.79 Å². The molecule has 0 saturated heterocycles. The lowest BCUT2D eigenvalue weighted by molar-refractivity contribution is 0.289. The summed E-state index contributed by atoms with van der Waals surface area (Å²) in [5.41, 5.74) is 4.69. The van der Waals surface area contributed by atoms with Gasteiger partial charge in [-0.15, -0.1) is 0 Å². The summed E-state index contributed by atoms with van der Waals surface area (Å²) in [6.07, 6.45) is 2.15. The second-order valence-corrected chi connectivity index (χ2v) is 7.74. The first kappa shape index (κ1) is 20.2. The maximum atomic E-state index is 13.3. The highest BCUT2D eigenvalue weighted by atomic mass is 16.5. The molecule has 5 rings (SSSR count). The maximum absolute atomic E-state index is 13.3. The fourth-order valence-corrected chi connectivity index (χ4v) is 4.05. The molecule has 6 heteroatoms. The number of fused-ring (bicyclic) bond motifs is 3. The normalized spacial score (nSPS) is 13.0. The molecule has 2 heterocycles. The van der Waals surface area contributed by atoms with E-state index in [2.05, 4.69) is 4.90 Å². The Morgan fingerprint density at radius 3 is 2.53 bits per heavy atom. The van der Waals surface area contributed by atoms with Crippen molar-refractivity contribution in [1.29, 1.82) is 0 Å². The predicted octanol–water partition coefficient (Wildman–Crippen LogP) is 4.36. The Morgan fingerprint density at radius 1 is 1.03 bits per heavy atom. The van der Waals surface area contributed by atoms with E-state index in [1.807, 2.05) is 54.6 Å². The van der Waals surface area contributed by atoms with Gasteiger partial charge in [-0.2, -0.15) is 0 Å². The molecule has 0 fully saturated rings. The molecule has 1 aliphatic rings. The number of ether oxygens (including phenoxy) is 2. The molecule has 0 spiro atoms. The summed E-state index contributed by atoms with van der Waals surface area (Å²) in [7, 11) is 1.61. The van der Waals surface area contributed by atoms with Gasteiger partial charge in [-0.05, 0) is 53.9 Å². The average Bonchev–Trinajstić information content (AvgIpc) is 2.85. The first-order chi connectivity index (χ1) is 15.7. The summed E-state index contributed by atoms with van der Waals surface area (Å²) in [6, 6.07) is 19.0. The molecular weight excluding hydrogens is 406 g/mol. The van der Waals surface area contributed by atoms with E-state index in [-0.39, 0.29) is 12.0 Å². The van der Waals surface area contributed by atoms with Crippen molar-refractivity contribution in [2.24, 2.45) is 0 Å². The Hall–Kier alpha value is -3.77. The number of benzene rings is 3. The molecule has 0 bridgehead atoms. The zero-order valence-corrected chi connectivity index (χ0v) is 17.7. The summed E-state index contributed by atoms with van der Waals surface area (Å²) in [6.45, 7) is 1.10. The molecule has 0 atom stereocenters. The molecule has 0 saturated carbocycles. The van der Waals surface area contributed by atoms with Gasteiger partial charge in [0.05, 0.1) is 30.2 Å². The molecule has 0 aliphatic carbocycles. The summed E-state index contributed by atoms with van der Waals surface area (Å²) in [4.78, 5) is 15.3. The van der Waals surface area contributed by atoms with Crippen molar-refractivity contribution >= 4 is 16.7 Å². The van der Waals surface area contributed by atoms with E-state index in [0.29, 0.717) is 36.2 Å². The van der Waals surface area contributed by atoms with Gasteiger partial charge in [0.25, 0.3) is 0 Å². The maximum Gasteiger partial charge on any atom is 0.200 e. The number of rotatable bonds is 5. The van der Waals surface area contributed by atoms with Gasteiger partial charge in [0, 0.05) is 12.3 Å². The third-order valence-corrected chi connectivity index (χ3v) is 5.83. The fourth-order valence-electron chi connectivity index (χ4n) is 4.05. The predicted molar refractivity (Wildman–Crippen MR) is 123 cm³/mol. The van der Waals surface area contributed by atoms with Crippen LogP contribution in [0.1, 0.15) is 11.1 Å². The number of hydrogen-bond acceptors (Lipinski definition) is 6. The van der Waals surface area contributed by atoms with Crippen molar-refractivity contribution in [3.8, 4) is 22.6 Å². The Balaban J connectivity index is 1.51. The third-order valence-electron chi connectivity index (χ3n) is 5.83. The lowest BCUT2D eigenvalue weighted by Crippen LogP contribution is -2.32. The molecule has 1 N–H and O–H groups in total. The van der Waals surface area contributed by atoms with Crippen molar-refractivity contribution in [2.45, 2.75) is 13.0 Å². The second kappa shape index (κ2) is 8.40. The van der Waals surface area contributed by atoms with Crippen LogP contribution in [0.2, 0.25) is 0 Å². The molecule has 4 aromatic rings. The minimum Gasteiger partial charge on any atom is -0.497 e. The summed E-state index contributed by atoms with van der Waals surface area (Å²) >= 11 is 0. The first-order valence-electron chi connectivity index (χ1n) is 10.5. The van der Waals surface area contributed by atoms with Crippen molar-refractivity contribution in [1.82, 2.24) is 0 Å². The van der Waals surface area contributed by atoms with E-state index in [1.165, 1.54) is 6.26 Å². The highest BCUT2D eigenvalue weighted by Crippen LogP contribution is 2.34. The van der Waals surface area contributed by atoms with Gasteiger partial charge < -0.3 is 23.9 Å². The molecule has 0 radical (unpaired) electrons. The van der Waals surface area contributed by atoms with E-state index in [9.17, 15) is 4.79 Å². The topological polar surface area (TPSA) is 72.1 Å². The monoisotopic (exact) mass is 429 g/mol. The van der Waals surface area contributed by atoms with Crippen LogP contribution in [0.3, 0.4) is 0 Å². The Morgan fingerprint density at radius 2 is 1.81 bits per heavy atom. The lowest BCUT2D eigenvalue weighted by atomic mass is 10.0. The van der Waals surface area contributed by atoms with Crippen LogP contribution in [0.15, 0.2) is 76.1 Å². The molecule has 0 unspecified atom stereocenters. The van der Waals surface area contributed by atoms with Crippen molar-refractivity contribution in [3.63, 3.8) is 0 Å². The molecule has 0 amide bonds. The molecule has 162 valence electrons. The first-order valence-corrected chi connectivity index (χ1v) is 10.5. The molecule has 1 aromatic heterocycles. The smallest absolute Gasteiger partial charge is 0.200 e. The van der Waals surface area contributed by atoms with Gasteiger partial charge in [0.15, 0.2) is 6.73 Å². The van der Waals surface area contributed by atoms with E-state index < -0.39 is 0 Å². The van der Waals surface area contributed by atoms with Crippen LogP contribution in [-0.4, -0.2) is 25.6 Å². The van der Waals surface area contributed by atoms with Gasteiger partial charge in [0.1, 0.15) is 23.3 Å². The number of methoxy groups -OCH3 is 1. The second-order valence-electron chi connectivity index (χ2n) is 7.74. The number of anilines is 1. The Kier molecular flexibility index (Phi) is 5.29. The van der Waals surface area contributed by atoms with E-state index >= 15 is 0 Å². The minimum atomic E-state index is -0.0790. The van der Waals surface area contributed by atoms with Crippen LogP contribution in [-0.2, 0) is 13.0 Å². The largest absolute Gasteiger partial charge is 0.497 e. The zero-order chi connectivity index (χ0) is 22.1. The average molecular weight is 429 g/mol. The zero-order valence-electron chi connectivity index (χ0n) is 17.7. The minimum absolute atomic E-state index is 0.0790. The molecule has 1 aliphatic heterocycles. The summed E-state index contributed by atoms with van der Waals surface area (Å²) < 4.78 is 17.2. The third kappa shape index (κ3) is 3.59. The molecular formula is C26H23NO5. The van der Waals surface area contributed by atoms with Gasteiger partial charge in [-0.25, -0.2) is 0 Å². The standard InChI is InChI=1S/C26H23NO5/c1-30-20-8-4-18(5-9-20)23-15-31-26-21(25(23)29)10-11-24-22(26)14-27(16-32-24)19-6-2-17(3-7-19)12-13-28/h2-11,15,28H,12-14,16H2,1H3. The van der Waals surface area contributed by atoms with Crippen LogP contribution in [0.25, 0.3) is 22.1 Å². The van der Waals surface area contributed by atoms with Crippen LogP contribution in [0, 0.1) is 0 Å². The van der Waals surface area contributed by atoms with E-state index in [0.717, 1.165) is 33.9 Å². The summed E-state index contributed by atoms with van der Waals surface area (Å²) in [5.74, 6) is 1.46. The van der Waals surface area contributed by atoms with Crippen molar-refractivity contribution in [2.75, 3.05) is 25.3 Å². The van der Waals surface area contributed by atoms with Crippen LogP contribution >= 0.6 is 0 Å². The highest BCUT2D eigenvalue weighted by Gasteiger charge is 2.23. The van der Waals surface area contributed by atoms with Gasteiger partial charge >= 0.3 is 0 Å². The van der Waals surface area contributed by atoms with Crippen LogP contribution in [0.5, 0.6) is 11.5 Å². The van der Waals surface area contributed by atoms with Crippen LogP contribution < -0.4 is 19.8 Å². The highest BCUT2D eigenvalue weighted by molar-refractivity contribution is 5.86. The van der Waals surface area contributed by atoms with Gasteiger partial charge in [-0.1, -0.05) is 24.3 Å². The number of aliphatic hydroxyl groups is 1. The summed E-state index contributed by atoms with van der Waals surface area (Å²) in [5, 5.41) is 9.64. The number of aliphatic hydroxyl groups excluding tert-OH is 1.